The summed E-state index contributed by atoms with van der Waals surface area (Å²) in [5.41, 5.74) is 1.17. The van der Waals surface area contributed by atoms with Crippen LogP contribution in [-0.2, 0) is 21.2 Å². The van der Waals surface area contributed by atoms with Crippen molar-refractivity contribution in [2.45, 2.75) is 24.7 Å². The highest BCUT2D eigenvalue weighted by Crippen LogP contribution is 2.17. The lowest BCUT2D eigenvalue weighted by atomic mass is 10.1. The van der Waals surface area contributed by atoms with Crippen LogP contribution in [0.5, 0.6) is 0 Å². The second-order valence-corrected chi connectivity index (χ2v) is 9.59. The molecule has 1 fully saturated rings. The molecule has 2 aromatic carbocycles. The van der Waals surface area contributed by atoms with E-state index >= 15 is 0 Å². The molecule has 0 spiro atoms. The van der Waals surface area contributed by atoms with Crippen LogP contribution in [0, 0.1) is 5.82 Å². The molecule has 0 radical (unpaired) electrons. The van der Waals surface area contributed by atoms with Crippen molar-refractivity contribution in [1.29, 1.82) is 0 Å². The zero-order chi connectivity index (χ0) is 23.0. The third-order valence-electron chi connectivity index (χ3n) is 5.58. The molecule has 0 unspecified atom stereocenters. The first-order chi connectivity index (χ1) is 15.4. The summed E-state index contributed by atoms with van der Waals surface area (Å²) >= 11 is 0. The Balaban J connectivity index is 1.39. The van der Waals surface area contributed by atoms with Crippen LogP contribution in [0.25, 0.3) is 0 Å². The molecule has 1 heterocycles. The number of hydrogen-bond donors (Lipinski definition) is 2. The van der Waals surface area contributed by atoms with E-state index in [0.29, 0.717) is 12.2 Å². The Morgan fingerprint density at radius 3 is 2.22 bits per heavy atom. The van der Waals surface area contributed by atoms with E-state index in [4.69, 9.17) is 0 Å². The van der Waals surface area contributed by atoms with Crippen LogP contribution >= 0.6 is 0 Å². The highest BCUT2D eigenvalue weighted by atomic mass is 32.2. The first-order valence-electron chi connectivity index (χ1n) is 10.9. The average Bonchev–Trinajstić information content (AvgIpc) is 2.78. The SMILES string of the molecule is CCN1CCN(CCCNC(=O)Cc2ccc(NS(=O)(=O)c3ccc(F)cc3)cc2)CC1. The Morgan fingerprint density at radius 2 is 1.59 bits per heavy atom. The molecule has 7 nitrogen and oxygen atoms in total. The fraction of sp³-hybridized carbons (Fsp3) is 0.435. The molecular formula is C23H31FN4O3S. The maximum atomic E-state index is 13.0. The summed E-state index contributed by atoms with van der Waals surface area (Å²) in [7, 11) is -3.80. The van der Waals surface area contributed by atoms with Gasteiger partial charge in [-0.3, -0.25) is 9.52 Å². The van der Waals surface area contributed by atoms with Crippen LogP contribution in [-0.4, -0.2) is 69.9 Å². The predicted molar refractivity (Wildman–Crippen MR) is 124 cm³/mol. The largest absolute Gasteiger partial charge is 0.356 e. The molecule has 0 atom stereocenters. The summed E-state index contributed by atoms with van der Waals surface area (Å²) in [6.45, 7) is 9.30. The van der Waals surface area contributed by atoms with Crippen molar-refractivity contribution in [2.75, 3.05) is 50.5 Å². The summed E-state index contributed by atoms with van der Waals surface area (Å²) in [6, 6.07) is 11.3. The van der Waals surface area contributed by atoms with Crippen molar-refractivity contribution in [3.05, 3.63) is 59.9 Å². The molecule has 9 heteroatoms. The van der Waals surface area contributed by atoms with Crippen molar-refractivity contribution < 1.29 is 17.6 Å². The van der Waals surface area contributed by atoms with E-state index in [1.807, 2.05) is 0 Å². The topological polar surface area (TPSA) is 81.8 Å². The standard InChI is InChI=1S/C23H31FN4O3S/c1-2-27-14-16-28(17-15-27)13-3-12-25-23(29)18-19-4-8-21(9-5-19)26-32(30,31)22-10-6-20(24)7-11-22/h4-11,26H,2-3,12-18H2,1H3,(H,25,29). The summed E-state index contributed by atoms with van der Waals surface area (Å²) in [6.07, 6.45) is 1.15. The van der Waals surface area contributed by atoms with Crippen LogP contribution < -0.4 is 10.0 Å². The van der Waals surface area contributed by atoms with Gasteiger partial charge in [0.2, 0.25) is 5.91 Å². The minimum Gasteiger partial charge on any atom is -0.356 e. The molecule has 0 aliphatic carbocycles. The molecule has 32 heavy (non-hydrogen) atoms. The highest BCUT2D eigenvalue weighted by molar-refractivity contribution is 7.92. The van der Waals surface area contributed by atoms with Gasteiger partial charge in [-0.15, -0.1) is 0 Å². The number of nitrogens with zero attached hydrogens (tertiary/aromatic N) is 2. The van der Waals surface area contributed by atoms with Gasteiger partial charge in [0.05, 0.1) is 11.3 Å². The molecule has 1 amide bonds. The molecule has 0 aromatic heterocycles. The van der Waals surface area contributed by atoms with Gasteiger partial charge in [0.15, 0.2) is 0 Å². The fourth-order valence-corrected chi connectivity index (χ4v) is 4.68. The van der Waals surface area contributed by atoms with Gasteiger partial charge in [-0.25, -0.2) is 12.8 Å². The normalized spacial score (nSPS) is 15.4. The van der Waals surface area contributed by atoms with Gasteiger partial charge in [-0.05, 0) is 61.5 Å². The average molecular weight is 463 g/mol. The number of piperazine rings is 1. The molecule has 0 bridgehead atoms. The second kappa shape index (κ2) is 11.4. The number of carbonyl (C=O) groups excluding carboxylic acids is 1. The Bertz CT molecular complexity index is 973. The number of rotatable bonds is 10. The van der Waals surface area contributed by atoms with E-state index in [9.17, 15) is 17.6 Å². The van der Waals surface area contributed by atoms with Crippen molar-refractivity contribution in [3.8, 4) is 0 Å². The number of benzene rings is 2. The highest BCUT2D eigenvalue weighted by Gasteiger charge is 2.15. The van der Waals surface area contributed by atoms with Crippen LogP contribution in [0.3, 0.4) is 0 Å². The maximum Gasteiger partial charge on any atom is 0.261 e. The van der Waals surface area contributed by atoms with Crippen LogP contribution in [0.4, 0.5) is 10.1 Å². The number of amides is 1. The van der Waals surface area contributed by atoms with Crippen molar-refractivity contribution in [2.24, 2.45) is 0 Å². The number of hydrogen-bond acceptors (Lipinski definition) is 5. The monoisotopic (exact) mass is 462 g/mol. The molecule has 2 N–H and O–H groups in total. The van der Waals surface area contributed by atoms with Crippen LogP contribution in [0.15, 0.2) is 53.4 Å². The Morgan fingerprint density at radius 1 is 0.969 bits per heavy atom. The quantitative estimate of drug-likeness (QED) is 0.530. The molecule has 2 aromatic rings. The lowest BCUT2D eigenvalue weighted by molar-refractivity contribution is -0.120. The van der Waals surface area contributed by atoms with Gasteiger partial charge < -0.3 is 15.1 Å². The maximum absolute atomic E-state index is 13.0. The predicted octanol–water partition coefficient (Wildman–Crippen LogP) is 2.31. The van der Waals surface area contributed by atoms with E-state index in [0.717, 1.165) is 63.4 Å². The number of halogens is 1. The van der Waals surface area contributed by atoms with E-state index in [-0.39, 0.29) is 17.2 Å². The smallest absolute Gasteiger partial charge is 0.261 e. The molecule has 0 saturated carbocycles. The zero-order valence-corrected chi connectivity index (χ0v) is 19.2. The van der Waals surface area contributed by atoms with Crippen molar-refractivity contribution in [1.82, 2.24) is 15.1 Å². The summed E-state index contributed by atoms with van der Waals surface area (Å²) in [4.78, 5) is 17.1. The van der Waals surface area contributed by atoms with Gasteiger partial charge in [0.25, 0.3) is 10.0 Å². The van der Waals surface area contributed by atoms with Gasteiger partial charge >= 0.3 is 0 Å². The zero-order valence-electron chi connectivity index (χ0n) is 18.4. The summed E-state index contributed by atoms with van der Waals surface area (Å²) in [5.74, 6) is -0.554. The van der Waals surface area contributed by atoms with Crippen LogP contribution in [0.1, 0.15) is 18.9 Å². The summed E-state index contributed by atoms with van der Waals surface area (Å²) < 4.78 is 40.2. The molecule has 3 rings (SSSR count). The second-order valence-electron chi connectivity index (χ2n) is 7.91. The van der Waals surface area contributed by atoms with E-state index in [1.54, 1.807) is 24.3 Å². The molecule has 174 valence electrons. The van der Waals surface area contributed by atoms with E-state index in [1.165, 1.54) is 12.1 Å². The molecule has 1 saturated heterocycles. The number of likely N-dealkylation sites (N-methyl/N-ethyl adjacent to an activating group) is 1. The molecular weight excluding hydrogens is 431 g/mol. The Kier molecular flexibility index (Phi) is 8.60. The number of anilines is 1. The van der Waals surface area contributed by atoms with E-state index in [2.05, 4.69) is 26.8 Å². The first kappa shape index (κ1) is 24.2. The first-order valence-corrected chi connectivity index (χ1v) is 12.4. The number of nitrogens with one attached hydrogen (secondary N) is 2. The molecule has 1 aliphatic heterocycles. The fourth-order valence-electron chi connectivity index (χ4n) is 3.63. The summed E-state index contributed by atoms with van der Waals surface area (Å²) in [5, 5.41) is 2.95. The minimum absolute atomic E-state index is 0.0189. The van der Waals surface area contributed by atoms with Gasteiger partial charge in [0, 0.05) is 38.4 Å². The number of sulfonamides is 1. The molecule has 1 aliphatic rings. The Hall–Kier alpha value is -2.49. The van der Waals surface area contributed by atoms with Crippen molar-refractivity contribution >= 4 is 21.6 Å². The third kappa shape index (κ3) is 7.29. The van der Waals surface area contributed by atoms with Crippen molar-refractivity contribution in [3.63, 3.8) is 0 Å². The Labute approximate surface area is 189 Å². The van der Waals surface area contributed by atoms with Gasteiger partial charge in [-0.2, -0.15) is 0 Å². The third-order valence-corrected chi connectivity index (χ3v) is 6.98. The van der Waals surface area contributed by atoms with Gasteiger partial charge in [-0.1, -0.05) is 19.1 Å². The van der Waals surface area contributed by atoms with E-state index < -0.39 is 15.8 Å². The van der Waals surface area contributed by atoms with Crippen LogP contribution in [0.2, 0.25) is 0 Å². The lowest BCUT2D eigenvalue weighted by Crippen LogP contribution is -2.46. The van der Waals surface area contributed by atoms with Gasteiger partial charge in [0.1, 0.15) is 5.82 Å². The lowest BCUT2D eigenvalue weighted by Gasteiger charge is -2.33. The number of carbonyl (C=O) groups is 1. The minimum atomic E-state index is -3.80.